The summed E-state index contributed by atoms with van der Waals surface area (Å²) in [5.74, 6) is 1.21. The second kappa shape index (κ2) is 9.59. The SMILES string of the molecule is CCN(CC1CCN(C(=O)n2ccc3cc(F)ccc32)CC1)c1ncccc1NC(C)C. The van der Waals surface area contributed by atoms with Gasteiger partial charge in [0.1, 0.15) is 5.82 Å². The van der Waals surface area contributed by atoms with E-state index in [1.54, 1.807) is 22.9 Å². The van der Waals surface area contributed by atoms with E-state index in [1.165, 1.54) is 12.1 Å². The highest BCUT2D eigenvalue weighted by Gasteiger charge is 2.26. The van der Waals surface area contributed by atoms with Gasteiger partial charge < -0.3 is 15.1 Å². The van der Waals surface area contributed by atoms with Gasteiger partial charge in [0.2, 0.25) is 0 Å². The molecular formula is C25H32FN5O. The topological polar surface area (TPSA) is 53.4 Å². The number of benzene rings is 1. The van der Waals surface area contributed by atoms with Crippen molar-refractivity contribution in [1.82, 2.24) is 14.5 Å². The number of anilines is 2. The van der Waals surface area contributed by atoms with Crippen LogP contribution in [0.5, 0.6) is 0 Å². The van der Waals surface area contributed by atoms with Crippen LogP contribution >= 0.6 is 0 Å². The molecule has 0 unspecified atom stereocenters. The third kappa shape index (κ3) is 4.71. The van der Waals surface area contributed by atoms with Gasteiger partial charge >= 0.3 is 6.03 Å². The molecule has 3 aromatic rings. The van der Waals surface area contributed by atoms with Crippen molar-refractivity contribution in [1.29, 1.82) is 0 Å². The van der Waals surface area contributed by atoms with E-state index >= 15 is 0 Å². The third-order valence-electron chi connectivity index (χ3n) is 6.13. The summed E-state index contributed by atoms with van der Waals surface area (Å²) in [4.78, 5) is 22.0. The zero-order chi connectivity index (χ0) is 22.7. The minimum atomic E-state index is -0.288. The van der Waals surface area contributed by atoms with Crippen LogP contribution in [0.15, 0.2) is 48.8 Å². The van der Waals surface area contributed by atoms with E-state index in [-0.39, 0.29) is 11.8 Å². The van der Waals surface area contributed by atoms with Gasteiger partial charge in [-0.2, -0.15) is 0 Å². The molecule has 0 atom stereocenters. The molecule has 3 heterocycles. The van der Waals surface area contributed by atoms with E-state index in [0.29, 0.717) is 12.0 Å². The number of nitrogens with zero attached hydrogens (tertiary/aromatic N) is 4. The zero-order valence-electron chi connectivity index (χ0n) is 19.1. The van der Waals surface area contributed by atoms with Crippen LogP contribution in [0.3, 0.4) is 0 Å². The first-order valence-electron chi connectivity index (χ1n) is 11.5. The van der Waals surface area contributed by atoms with Crippen molar-refractivity contribution < 1.29 is 9.18 Å². The average Bonchev–Trinajstić information content (AvgIpc) is 3.20. The molecule has 0 bridgehead atoms. The van der Waals surface area contributed by atoms with Crippen LogP contribution in [0.25, 0.3) is 10.9 Å². The molecule has 1 aliphatic rings. The summed E-state index contributed by atoms with van der Waals surface area (Å²) in [6.45, 7) is 9.67. The van der Waals surface area contributed by atoms with Crippen molar-refractivity contribution in [2.75, 3.05) is 36.4 Å². The average molecular weight is 438 g/mol. The van der Waals surface area contributed by atoms with Crippen LogP contribution in [-0.4, -0.2) is 52.7 Å². The number of pyridine rings is 1. The first kappa shape index (κ1) is 22.1. The fraction of sp³-hybridized carbons (Fsp3) is 0.440. The predicted octanol–water partition coefficient (Wildman–Crippen LogP) is 5.20. The van der Waals surface area contributed by atoms with Gasteiger partial charge in [0.05, 0.1) is 11.2 Å². The molecule has 0 radical (unpaired) electrons. The Bertz CT molecular complexity index is 1070. The third-order valence-corrected chi connectivity index (χ3v) is 6.13. The van der Waals surface area contributed by atoms with Gasteiger partial charge in [0.25, 0.3) is 0 Å². The van der Waals surface area contributed by atoms with E-state index in [9.17, 15) is 9.18 Å². The number of hydrogen-bond acceptors (Lipinski definition) is 4. The second-order valence-electron chi connectivity index (χ2n) is 8.81. The Morgan fingerprint density at radius 3 is 2.75 bits per heavy atom. The van der Waals surface area contributed by atoms with Crippen LogP contribution in [0.1, 0.15) is 33.6 Å². The molecule has 0 aliphatic carbocycles. The highest BCUT2D eigenvalue weighted by atomic mass is 19.1. The summed E-state index contributed by atoms with van der Waals surface area (Å²) in [5, 5.41) is 4.24. The van der Waals surface area contributed by atoms with Gasteiger partial charge in [-0.3, -0.25) is 4.57 Å². The number of aromatic nitrogens is 2. The molecule has 7 heteroatoms. The van der Waals surface area contributed by atoms with E-state index < -0.39 is 0 Å². The first-order chi connectivity index (χ1) is 15.5. The molecule has 1 saturated heterocycles. The molecule has 170 valence electrons. The molecule has 0 saturated carbocycles. The van der Waals surface area contributed by atoms with Crippen LogP contribution < -0.4 is 10.2 Å². The van der Waals surface area contributed by atoms with E-state index in [4.69, 9.17) is 0 Å². The zero-order valence-corrected chi connectivity index (χ0v) is 19.1. The van der Waals surface area contributed by atoms with Gasteiger partial charge in [0.15, 0.2) is 5.82 Å². The molecule has 6 nitrogen and oxygen atoms in total. The monoisotopic (exact) mass is 437 g/mol. The van der Waals surface area contributed by atoms with Gasteiger partial charge in [0, 0.05) is 50.0 Å². The Hall–Kier alpha value is -3.09. The second-order valence-corrected chi connectivity index (χ2v) is 8.81. The summed E-state index contributed by atoms with van der Waals surface area (Å²) in [5.41, 5.74) is 1.81. The van der Waals surface area contributed by atoms with E-state index in [0.717, 1.165) is 61.4 Å². The van der Waals surface area contributed by atoms with Crippen molar-refractivity contribution in [2.24, 2.45) is 5.92 Å². The van der Waals surface area contributed by atoms with Crippen LogP contribution in [-0.2, 0) is 0 Å². The maximum absolute atomic E-state index is 13.5. The highest BCUT2D eigenvalue weighted by Crippen LogP contribution is 2.27. The smallest absolute Gasteiger partial charge is 0.328 e. The Morgan fingerprint density at radius 1 is 1.25 bits per heavy atom. The first-order valence-corrected chi connectivity index (χ1v) is 11.5. The Morgan fingerprint density at radius 2 is 2.03 bits per heavy atom. The largest absolute Gasteiger partial charge is 0.380 e. The summed E-state index contributed by atoms with van der Waals surface area (Å²) in [6, 6.07) is 10.7. The number of nitrogens with one attached hydrogen (secondary N) is 1. The van der Waals surface area contributed by atoms with Gasteiger partial charge in [-0.25, -0.2) is 14.2 Å². The maximum Gasteiger partial charge on any atom is 0.328 e. The quantitative estimate of drug-likeness (QED) is 0.576. The molecule has 1 fully saturated rings. The Balaban J connectivity index is 1.39. The number of likely N-dealkylation sites (tertiary alicyclic amines) is 1. The number of amides is 1. The van der Waals surface area contributed by atoms with E-state index in [1.807, 2.05) is 17.2 Å². The molecule has 32 heavy (non-hydrogen) atoms. The number of carbonyl (C=O) groups is 1. The van der Waals surface area contributed by atoms with Crippen molar-refractivity contribution in [3.8, 4) is 0 Å². The van der Waals surface area contributed by atoms with Crippen molar-refractivity contribution in [3.63, 3.8) is 0 Å². The van der Waals surface area contributed by atoms with Crippen LogP contribution in [0, 0.1) is 11.7 Å². The summed E-state index contributed by atoms with van der Waals surface area (Å²) >= 11 is 0. The van der Waals surface area contributed by atoms with Gasteiger partial charge in [-0.05, 0) is 75.9 Å². The summed E-state index contributed by atoms with van der Waals surface area (Å²) in [7, 11) is 0. The Kier molecular flexibility index (Phi) is 6.63. The minimum Gasteiger partial charge on any atom is -0.380 e. The lowest BCUT2D eigenvalue weighted by Gasteiger charge is -2.35. The molecule has 4 rings (SSSR count). The molecule has 1 aliphatic heterocycles. The fourth-order valence-electron chi connectivity index (χ4n) is 4.49. The summed E-state index contributed by atoms with van der Waals surface area (Å²) < 4.78 is 15.1. The lowest BCUT2D eigenvalue weighted by atomic mass is 9.96. The number of rotatable bonds is 6. The lowest BCUT2D eigenvalue weighted by molar-refractivity contribution is 0.173. The van der Waals surface area contributed by atoms with E-state index in [2.05, 4.69) is 42.0 Å². The normalized spacial score (nSPS) is 14.8. The Labute approximate surface area is 189 Å². The predicted molar refractivity (Wildman–Crippen MR) is 128 cm³/mol. The molecule has 2 aromatic heterocycles. The van der Waals surface area contributed by atoms with Gasteiger partial charge in [-0.1, -0.05) is 0 Å². The summed E-state index contributed by atoms with van der Waals surface area (Å²) in [6.07, 6.45) is 5.49. The van der Waals surface area contributed by atoms with Crippen molar-refractivity contribution >= 4 is 28.4 Å². The van der Waals surface area contributed by atoms with Crippen molar-refractivity contribution in [2.45, 2.75) is 39.7 Å². The number of fused-ring (bicyclic) bond motifs is 1. The standard InChI is InChI=1S/C25H32FN5O/c1-4-29(24-22(28-18(2)3)6-5-12-27-24)17-19-9-13-30(14-10-19)25(32)31-15-11-20-16-21(26)7-8-23(20)31/h5-8,11-12,15-16,18-19,28H,4,9-10,13-14,17H2,1-3H3. The minimum absolute atomic E-state index is 0.0365. The van der Waals surface area contributed by atoms with Gasteiger partial charge in [-0.15, -0.1) is 0 Å². The number of hydrogen-bond donors (Lipinski definition) is 1. The highest BCUT2D eigenvalue weighted by molar-refractivity contribution is 5.91. The number of halogens is 1. The van der Waals surface area contributed by atoms with Crippen molar-refractivity contribution in [3.05, 3.63) is 54.6 Å². The van der Waals surface area contributed by atoms with Crippen LogP contribution in [0.2, 0.25) is 0 Å². The van der Waals surface area contributed by atoms with Crippen LogP contribution in [0.4, 0.5) is 20.7 Å². The molecular weight excluding hydrogens is 405 g/mol. The number of piperidine rings is 1. The molecule has 1 N–H and O–H groups in total. The maximum atomic E-state index is 13.5. The molecule has 1 amide bonds. The fourth-order valence-corrected chi connectivity index (χ4v) is 4.49. The molecule has 0 spiro atoms. The number of carbonyl (C=O) groups excluding carboxylic acids is 1. The molecule has 1 aromatic carbocycles. The lowest BCUT2D eigenvalue weighted by Crippen LogP contribution is -2.43.